The Balaban J connectivity index is 3.22. The quantitative estimate of drug-likeness (QED) is 0.824. The average molecular weight is 321 g/mol. The molecule has 2 amide bonds. The number of hydrogen-bond acceptors (Lipinski definition) is 6. The van der Waals surface area contributed by atoms with Crippen molar-refractivity contribution in [2.24, 2.45) is 0 Å². The summed E-state index contributed by atoms with van der Waals surface area (Å²) in [4.78, 5) is 25.5. The van der Waals surface area contributed by atoms with E-state index in [0.717, 1.165) is 4.90 Å². The SMILES string of the molecule is C=Cc1cnnc(N(C(=O)OC(C)(C)C)C(=O)OC(C)(C)C)c1. The largest absolute Gasteiger partial charge is 0.443 e. The van der Waals surface area contributed by atoms with Crippen molar-refractivity contribution in [2.45, 2.75) is 52.7 Å². The fourth-order valence-electron chi connectivity index (χ4n) is 1.47. The number of imide groups is 1. The topological polar surface area (TPSA) is 81.6 Å². The van der Waals surface area contributed by atoms with E-state index in [1.165, 1.54) is 18.3 Å². The van der Waals surface area contributed by atoms with Crippen molar-refractivity contribution in [1.29, 1.82) is 0 Å². The molecule has 126 valence electrons. The van der Waals surface area contributed by atoms with E-state index in [9.17, 15) is 9.59 Å². The minimum atomic E-state index is -0.887. The van der Waals surface area contributed by atoms with Crippen LogP contribution in [0, 0.1) is 0 Å². The van der Waals surface area contributed by atoms with E-state index in [4.69, 9.17) is 9.47 Å². The van der Waals surface area contributed by atoms with Gasteiger partial charge in [-0.05, 0) is 53.2 Å². The Morgan fingerprint density at radius 3 is 1.96 bits per heavy atom. The van der Waals surface area contributed by atoms with E-state index in [0.29, 0.717) is 5.56 Å². The molecule has 7 nitrogen and oxygen atoms in total. The van der Waals surface area contributed by atoms with E-state index in [1.807, 2.05) is 0 Å². The normalized spacial score (nSPS) is 11.6. The third kappa shape index (κ3) is 6.06. The fraction of sp³-hybridized carbons (Fsp3) is 0.500. The summed E-state index contributed by atoms with van der Waals surface area (Å²) in [5.74, 6) is 0.00546. The Morgan fingerprint density at radius 2 is 1.57 bits per heavy atom. The summed E-state index contributed by atoms with van der Waals surface area (Å²) in [6, 6.07) is 1.49. The number of anilines is 1. The lowest BCUT2D eigenvalue weighted by Crippen LogP contribution is -2.44. The monoisotopic (exact) mass is 321 g/mol. The first-order chi connectivity index (χ1) is 10.4. The van der Waals surface area contributed by atoms with Gasteiger partial charge in [-0.25, -0.2) is 9.59 Å². The van der Waals surface area contributed by atoms with Crippen LogP contribution < -0.4 is 4.90 Å². The van der Waals surface area contributed by atoms with E-state index in [-0.39, 0.29) is 5.82 Å². The lowest BCUT2D eigenvalue weighted by Gasteiger charge is -2.27. The molecule has 0 aliphatic rings. The molecule has 0 aromatic carbocycles. The summed E-state index contributed by atoms with van der Waals surface area (Å²) in [6.45, 7) is 13.8. The van der Waals surface area contributed by atoms with Crippen molar-refractivity contribution in [1.82, 2.24) is 10.2 Å². The lowest BCUT2D eigenvalue weighted by atomic mass is 10.2. The zero-order valence-electron chi connectivity index (χ0n) is 14.4. The third-order valence-electron chi connectivity index (χ3n) is 2.28. The highest BCUT2D eigenvalue weighted by Crippen LogP contribution is 2.20. The van der Waals surface area contributed by atoms with E-state index >= 15 is 0 Å². The highest BCUT2D eigenvalue weighted by atomic mass is 16.6. The molecule has 1 rings (SSSR count). The van der Waals surface area contributed by atoms with Crippen molar-refractivity contribution in [3.8, 4) is 0 Å². The second-order valence-electron chi connectivity index (χ2n) is 6.85. The summed E-state index contributed by atoms with van der Waals surface area (Å²) in [6.07, 6.45) is 1.21. The first-order valence-electron chi connectivity index (χ1n) is 7.14. The molecule has 1 heterocycles. The predicted octanol–water partition coefficient (Wildman–Crippen LogP) is 3.80. The van der Waals surface area contributed by atoms with Gasteiger partial charge in [0, 0.05) is 0 Å². The van der Waals surface area contributed by atoms with Gasteiger partial charge in [0.2, 0.25) is 0 Å². The molecule has 0 aliphatic heterocycles. The van der Waals surface area contributed by atoms with Gasteiger partial charge in [-0.3, -0.25) is 0 Å². The summed E-state index contributed by atoms with van der Waals surface area (Å²) < 4.78 is 10.5. The van der Waals surface area contributed by atoms with E-state index in [2.05, 4.69) is 16.8 Å². The molecule has 0 N–H and O–H groups in total. The van der Waals surface area contributed by atoms with E-state index in [1.54, 1.807) is 41.5 Å². The Morgan fingerprint density at radius 1 is 1.09 bits per heavy atom. The number of carbonyl (C=O) groups excluding carboxylic acids is 2. The molecule has 0 unspecified atom stereocenters. The Kier molecular flexibility index (Phi) is 5.47. The first-order valence-corrected chi connectivity index (χ1v) is 7.14. The number of amides is 2. The van der Waals surface area contributed by atoms with Gasteiger partial charge < -0.3 is 9.47 Å². The van der Waals surface area contributed by atoms with Gasteiger partial charge in [0.1, 0.15) is 11.2 Å². The summed E-state index contributed by atoms with van der Waals surface area (Å²) in [7, 11) is 0. The maximum absolute atomic E-state index is 12.4. The summed E-state index contributed by atoms with van der Waals surface area (Å²) >= 11 is 0. The molecule has 1 aromatic rings. The van der Waals surface area contributed by atoms with Crippen molar-refractivity contribution in [3.63, 3.8) is 0 Å². The molecule has 0 radical (unpaired) electrons. The van der Waals surface area contributed by atoms with Crippen molar-refractivity contribution >= 4 is 24.1 Å². The van der Waals surface area contributed by atoms with Crippen LogP contribution in [0.2, 0.25) is 0 Å². The highest BCUT2D eigenvalue weighted by molar-refractivity contribution is 6.08. The number of hydrogen-bond donors (Lipinski definition) is 0. The van der Waals surface area contributed by atoms with Gasteiger partial charge in [0.15, 0.2) is 5.82 Å². The molecule has 1 aromatic heterocycles. The maximum Gasteiger partial charge on any atom is 0.425 e. The van der Waals surface area contributed by atoms with Crippen LogP contribution in [0.25, 0.3) is 6.08 Å². The van der Waals surface area contributed by atoms with Gasteiger partial charge in [-0.15, -0.1) is 5.10 Å². The van der Waals surface area contributed by atoms with Crippen LogP contribution in [0.4, 0.5) is 15.4 Å². The van der Waals surface area contributed by atoms with Gasteiger partial charge in [-0.1, -0.05) is 12.7 Å². The Hall–Kier alpha value is -2.44. The minimum Gasteiger partial charge on any atom is -0.443 e. The summed E-state index contributed by atoms with van der Waals surface area (Å²) in [5.41, 5.74) is -0.950. The third-order valence-corrected chi connectivity index (χ3v) is 2.28. The number of nitrogens with zero attached hydrogens (tertiary/aromatic N) is 3. The van der Waals surface area contributed by atoms with Crippen LogP contribution in [0.3, 0.4) is 0 Å². The molecule has 0 spiro atoms. The second kappa shape index (κ2) is 6.76. The van der Waals surface area contributed by atoms with Crippen molar-refractivity contribution in [3.05, 3.63) is 24.4 Å². The van der Waals surface area contributed by atoms with Crippen LogP contribution >= 0.6 is 0 Å². The second-order valence-corrected chi connectivity index (χ2v) is 6.85. The fourth-order valence-corrected chi connectivity index (χ4v) is 1.47. The van der Waals surface area contributed by atoms with Gasteiger partial charge >= 0.3 is 12.2 Å². The molecular formula is C16H23N3O4. The first kappa shape index (κ1) is 18.6. The number of rotatable bonds is 2. The highest BCUT2D eigenvalue weighted by Gasteiger charge is 2.33. The zero-order valence-corrected chi connectivity index (χ0v) is 14.4. The maximum atomic E-state index is 12.4. The smallest absolute Gasteiger partial charge is 0.425 e. The number of aromatic nitrogens is 2. The predicted molar refractivity (Wildman–Crippen MR) is 87.1 cm³/mol. The van der Waals surface area contributed by atoms with Crippen LogP contribution in [0.5, 0.6) is 0 Å². The lowest BCUT2D eigenvalue weighted by molar-refractivity contribution is 0.0428. The van der Waals surface area contributed by atoms with Crippen LogP contribution in [0.1, 0.15) is 47.1 Å². The van der Waals surface area contributed by atoms with Crippen LogP contribution in [0.15, 0.2) is 18.8 Å². The van der Waals surface area contributed by atoms with Crippen LogP contribution in [-0.4, -0.2) is 33.6 Å². The van der Waals surface area contributed by atoms with Crippen molar-refractivity contribution < 1.29 is 19.1 Å². The molecular weight excluding hydrogens is 298 g/mol. The molecule has 0 bridgehead atoms. The molecule has 0 fully saturated rings. The molecule has 7 heteroatoms. The summed E-state index contributed by atoms with van der Waals surface area (Å²) in [5, 5.41) is 7.57. The number of carbonyl (C=O) groups is 2. The molecule has 0 aliphatic carbocycles. The Labute approximate surface area is 136 Å². The van der Waals surface area contributed by atoms with Gasteiger partial charge in [-0.2, -0.15) is 10.00 Å². The Bertz CT molecular complexity index is 572. The molecule has 0 saturated carbocycles. The zero-order chi connectivity index (χ0) is 17.8. The van der Waals surface area contributed by atoms with Gasteiger partial charge in [0.05, 0.1) is 6.20 Å². The molecule has 0 atom stereocenters. The molecule has 0 saturated heterocycles. The van der Waals surface area contributed by atoms with Crippen molar-refractivity contribution in [2.75, 3.05) is 4.90 Å². The molecule has 23 heavy (non-hydrogen) atoms. The minimum absolute atomic E-state index is 0.00546. The van der Waals surface area contributed by atoms with E-state index < -0.39 is 23.4 Å². The van der Waals surface area contributed by atoms with Crippen LogP contribution in [-0.2, 0) is 9.47 Å². The standard InChI is InChI=1S/C16H23N3O4/c1-8-11-9-12(18-17-10-11)19(13(20)22-15(2,3)4)14(21)23-16(5,6)7/h8-10H,1H2,2-7H3. The van der Waals surface area contributed by atoms with Gasteiger partial charge in [0.25, 0.3) is 0 Å². The number of ether oxygens (including phenoxy) is 2. The average Bonchev–Trinajstić information content (AvgIpc) is 2.34.